The minimum atomic E-state index is -0.103. The Morgan fingerprint density at radius 2 is 2.28 bits per heavy atom. The maximum atomic E-state index is 11.2. The molecule has 0 fully saturated rings. The number of nitrogens with zero attached hydrogens (tertiary/aromatic N) is 2. The fourth-order valence-corrected chi connectivity index (χ4v) is 2.15. The van der Waals surface area contributed by atoms with E-state index in [9.17, 15) is 9.90 Å². The Morgan fingerprint density at radius 3 is 3.06 bits per heavy atom. The van der Waals surface area contributed by atoms with E-state index in [1.807, 2.05) is 25.1 Å². The van der Waals surface area contributed by atoms with E-state index in [0.29, 0.717) is 11.9 Å². The van der Waals surface area contributed by atoms with Gasteiger partial charge in [0.15, 0.2) is 0 Å². The summed E-state index contributed by atoms with van der Waals surface area (Å²) in [4.78, 5) is 17.9. The van der Waals surface area contributed by atoms with Crippen LogP contribution in [0.1, 0.15) is 18.9 Å². The lowest BCUT2D eigenvalue weighted by atomic mass is 9.94. The van der Waals surface area contributed by atoms with Crippen molar-refractivity contribution in [2.45, 2.75) is 13.3 Å². The van der Waals surface area contributed by atoms with Crippen molar-refractivity contribution in [3.05, 3.63) is 23.8 Å². The van der Waals surface area contributed by atoms with E-state index in [1.165, 1.54) is 0 Å². The molecule has 6 heteroatoms. The largest absolute Gasteiger partial charge is 0.480 e. The SMILES string of the molecule is CC1CC(=O)NN=C1c1ccc2[nH]c(O)nc2c1. The number of amides is 1. The Kier molecular flexibility index (Phi) is 2.29. The summed E-state index contributed by atoms with van der Waals surface area (Å²) >= 11 is 0. The molecule has 2 aromatic rings. The lowest BCUT2D eigenvalue weighted by molar-refractivity contribution is -0.121. The van der Waals surface area contributed by atoms with Gasteiger partial charge in [-0.1, -0.05) is 13.0 Å². The number of benzene rings is 1. The molecule has 1 aliphatic heterocycles. The predicted molar refractivity (Wildman–Crippen MR) is 66.2 cm³/mol. The van der Waals surface area contributed by atoms with Crippen LogP contribution in [0.4, 0.5) is 0 Å². The highest BCUT2D eigenvalue weighted by atomic mass is 16.3. The summed E-state index contributed by atoms with van der Waals surface area (Å²) in [5.41, 5.74) is 5.67. The zero-order valence-electron chi connectivity index (χ0n) is 9.77. The molecule has 3 rings (SSSR count). The van der Waals surface area contributed by atoms with Crippen LogP contribution in [0.25, 0.3) is 11.0 Å². The van der Waals surface area contributed by atoms with Crippen molar-refractivity contribution in [3.8, 4) is 6.01 Å². The minimum Gasteiger partial charge on any atom is -0.480 e. The molecule has 2 heterocycles. The number of aromatic hydroxyl groups is 1. The molecular formula is C12H12N4O2. The van der Waals surface area contributed by atoms with Gasteiger partial charge < -0.3 is 10.1 Å². The van der Waals surface area contributed by atoms with Gasteiger partial charge in [0.1, 0.15) is 0 Å². The maximum absolute atomic E-state index is 11.2. The average molecular weight is 244 g/mol. The first kappa shape index (κ1) is 10.8. The van der Waals surface area contributed by atoms with Crippen molar-refractivity contribution in [3.63, 3.8) is 0 Å². The molecule has 18 heavy (non-hydrogen) atoms. The molecule has 1 unspecified atom stereocenters. The van der Waals surface area contributed by atoms with Gasteiger partial charge in [-0.15, -0.1) is 0 Å². The van der Waals surface area contributed by atoms with E-state index in [1.54, 1.807) is 0 Å². The number of fused-ring (bicyclic) bond motifs is 1. The van der Waals surface area contributed by atoms with Crippen LogP contribution >= 0.6 is 0 Å². The van der Waals surface area contributed by atoms with Crippen LogP contribution in [-0.4, -0.2) is 26.7 Å². The molecule has 92 valence electrons. The smallest absolute Gasteiger partial charge is 0.292 e. The molecule has 1 aromatic carbocycles. The summed E-state index contributed by atoms with van der Waals surface area (Å²) in [6, 6.07) is 5.47. The standard InChI is InChI=1S/C12H12N4O2/c1-6-4-10(17)15-16-11(6)7-2-3-8-9(5-7)14-12(18)13-8/h2-3,5-6H,4H2,1H3,(H,15,17)(H2,13,14,18). The number of hydrogen-bond donors (Lipinski definition) is 3. The van der Waals surface area contributed by atoms with E-state index in [4.69, 9.17) is 0 Å². The lowest BCUT2D eigenvalue weighted by Gasteiger charge is -2.18. The fourth-order valence-electron chi connectivity index (χ4n) is 2.15. The highest BCUT2D eigenvalue weighted by Gasteiger charge is 2.21. The number of aromatic amines is 1. The van der Waals surface area contributed by atoms with Crippen LogP contribution in [0, 0.1) is 5.92 Å². The summed E-state index contributed by atoms with van der Waals surface area (Å²) in [7, 11) is 0. The normalized spacial score (nSPS) is 19.7. The van der Waals surface area contributed by atoms with Gasteiger partial charge in [0, 0.05) is 17.9 Å². The Hall–Kier alpha value is -2.37. The molecule has 0 bridgehead atoms. The van der Waals surface area contributed by atoms with Crippen molar-refractivity contribution in [1.82, 2.24) is 15.4 Å². The number of H-pyrrole nitrogens is 1. The molecule has 0 aliphatic carbocycles. The third-order valence-electron chi connectivity index (χ3n) is 3.03. The first-order valence-electron chi connectivity index (χ1n) is 5.69. The van der Waals surface area contributed by atoms with E-state index in [0.717, 1.165) is 16.8 Å². The summed E-state index contributed by atoms with van der Waals surface area (Å²) in [6.45, 7) is 1.96. The Morgan fingerprint density at radius 1 is 1.44 bits per heavy atom. The van der Waals surface area contributed by atoms with Crippen molar-refractivity contribution in [1.29, 1.82) is 0 Å². The monoisotopic (exact) mass is 244 g/mol. The van der Waals surface area contributed by atoms with E-state index < -0.39 is 0 Å². The third kappa shape index (κ3) is 1.71. The van der Waals surface area contributed by atoms with Gasteiger partial charge in [0.05, 0.1) is 16.7 Å². The first-order chi connectivity index (χ1) is 8.63. The number of hydrogen-bond acceptors (Lipinski definition) is 4. The van der Waals surface area contributed by atoms with Gasteiger partial charge >= 0.3 is 0 Å². The quantitative estimate of drug-likeness (QED) is 0.702. The van der Waals surface area contributed by atoms with Crippen molar-refractivity contribution < 1.29 is 9.90 Å². The number of rotatable bonds is 1. The number of aromatic nitrogens is 2. The summed E-state index contributed by atoms with van der Waals surface area (Å²) in [6.07, 6.45) is 0.433. The molecule has 0 saturated heterocycles. The highest BCUT2D eigenvalue weighted by Crippen LogP contribution is 2.21. The molecule has 0 radical (unpaired) electrons. The number of imidazole rings is 1. The zero-order valence-corrected chi connectivity index (χ0v) is 9.77. The fraction of sp³-hybridized carbons (Fsp3) is 0.250. The van der Waals surface area contributed by atoms with Crippen LogP contribution < -0.4 is 5.43 Å². The topological polar surface area (TPSA) is 90.4 Å². The molecule has 1 atom stereocenters. The highest BCUT2D eigenvalue weighted by molar-refractivity contribution is 6.07. The van der Waals surface area contributed by atoms with Crippen molar-refractivity contribution >= 4 is 22.7 Å². The van der Waals surface area contributed by atoms with Gasteiger partial charge in [0.2, 0.25) is 5.91 Å². The second-order valence-electron chi connectivity index (χ2n) is 4.43. The average Bonchev–Trinajstić information content (AvgIpc) is 2.68. The molecule has 1 aromatic heterocycles. The molecule has 1 aliphatic rings. The summed E-state index contributed by atoms with van der Waals surface area (Å²) < 4.78 is 0. The summed E-state index contributed by atoms with van der Waals surface area (Å²) in [5, 5.41) is 13.4. The van der Waals surface area contributed by atoms with Crippen LogP contribution in [0.3, 0.4) is 0 Å². The molecular weight excluding hydrogens is 232 g/mol. The second-order valence-corrected chi connectivity index (χ2v) is 4.43. The van der Waals surface area contributed by atoms with Crippen LogP contribution in [0.15, 0.2) is 23.3 Å². The second kappa shape index (κ2) is 3.83. The molecule has 6 nitrogen and oxygen atoms in total. The van der Waals surface area contributed by atoms with Gasteiger partial charge in [-0.05, 0) is 12.1 Å². The molecule has 3 N–H and O–H groups in total. The van der Waals surface area contributed by atoms with Crippen molar-refractivity contribution in [2.24, 2.45) is 11.0 Å². The van der Waals surface area contributed by atoms with Crippen LogP contribution in [-0.2, 0) is 4.79 Å². The van der Waals surface area contributed by atoms with Crippen molar-refractivity contribution in [2.75, 3.05) is 0 Å². The van der Waals surface area contributed by atoms with Gasteiger partial charge in [-0.3, -0.25) is 4.79 Å². The lowest BCUT2D eigenvalue weighted by Crippen LogP contribution is -2.31. The van der Waals surface area contributed by atoms with E-state index in [2.05, 4.69) is 20.5 Å². The number of hydrazone groups is 1. The number of carbonyl (C=O) groups excluding carboxylic acids is 1. The van der Waals surface area contributed by atoms with Crippen LogP contribution in [0.2, 0.25) is 0 Å². The minimum absolute atomic E-state index is 0.0651. The van der Waals surface area contributed by atoms with Gasteiger partial charge in [-0.25, -0.2) is 5.43 Å². The van der Waals surface area contributed by atoms with Gasteiger partial charge in [-0.2, -0.15) is 10.1 Å². The number of carbonyl (C=O) groups is 1. The molecule has 0 spiro atoms. The van der Waals surface area contributed by atoms with E-state index >= 15 is 0 Å². The van der Waals surface area contributed by atoms with Crippen LogP contribution in [0.5, 0.6) is 6.01 Å². The number of nitrogens with one attached hydrogen (secondary N) is 2. The van der Waals surface area contributed by atoms with E-state index in [-0.39, 0.29) is 17.8 Å². The first-order valence-corrected chi connectivity index (χ1v) is 5.69. The Balaban J connectivity index is 2.06. The maximum Gasteiger partial charge on any atom is 0.292 e. The third-order valence-corrected chi connectivity index (χ3v) is 3.03. The molecule has 1 amide bonds. The predicted octanol–water partition coefficient (Wildman–Crippen LogP) is 1.13. The Labute approximate surface area is 103 Å². The molecule has 0 saturated carbocycles. The zero-order chi connectivity index (χ0) is 12.7. The summed E-state index contributed by atoms with van der Waals surface area (Å²) in [5.74, 6) is 0.00785. The van der Waals surface area contributed by atoms with Gasteiger partial charge in [0.25, 0.3) is 6.01 Å². The Bertz CT molecular complexity index is 659.